The second kappa shape index (κ2) is 9.98. The van der Waals surface area contributed by atoms with Gasteiger partial charge in [0.1, 0.15) is 0 Å². The molecule has 1 aromatic heterocycles. The van der Waals surface area contributed by atoms with Crippen LogP contribution in [-0.4, -0.2) is 65.1 Å². The van der Waals surface area contributed by atoms with Crippen molar-refractivity contribution < 1.29 is 13.2 Å². The molecule has 27 heavy (non-hydrogen) atoms. The Hall–Kier alpha value is -0.990. The average Bonchev–Trinajstić information content (AvgIpc) is 3.06. The molecular weight excluding hydrogens is 364 g/mol. The van der Waals surface area contributed by atoms with E-state index in [9.17, 15) is 8.42 Å². The summed E-state index contributed by atoms with van der Waals surface area (Å²) in [5.74, 6) is 0.457. The fraction of sp³-hybridized carbons (Fsp3) is 0.895. The quantitative estimate of drug-likeness (QED) is 0.665. The molecule has 1 saturated heterocycles. The Morgan fingerprint density at radius 2 is 1.74 bits per heavy atom. The lowest BCUT2D eigenvalue weighted by molar-refractivity contribution is -0.0593. The van der Waals surface area contributed by atoms with E-state index in [0.29, 0.717) is 26.2 Å². The maximum atomic E-state index is 11.6. The second-order valence-electron chi connectivity index (χ2n) is 8.18. The molecule has 0 amide bonds. The van der Waals surface area contributed by atoms with Gasteiger partial charge in [-0.3, -0.25) is 4.90 Å². The highest BCUT2D eigenvalue weighted by molar-refractivity contribution is 7.91. The highest BCUT2D eigenvalue weighted by atomic mass is 32.2. The molecular formula is C19H38N4O3S. The van der Waals surface area contributed by atoms with Crippen LogP contribution in [0.2, 0.25) is 0 Å². The van der Waals surface area contributed by atoms with E-state index in [1.807, 2.05) is 18.5 Å². The van der Waals surface area contributed by atoms with E-state index in [1.54, 1.807) is 6.20 Å². The molecule has 7 nitrogen and oxygen atoms in total. The van der Waals surface area contributed by atoms with Gasteiger partial charge in [-0.05, 0) is 34.1 Å². The molecule has 1 aliphatic heterocycles. The van der Waals surface area contributed by atoms with E-state index >= 15 is 0 Å². The maximum Gasteiger partial charge on any atom is 0.152 e. The Labute approximate surface area is 165 Å². The third-order valence-corrected chi connectivity index (χ3v) is 6.29. The van der Waals surface area contributed by atoms with Gasteiger partial charge in [0, 0.05) is 19.6 Å². The fourth-order valence-corrected chi connectivity index (χ4v) is 4.40. The first-order valence-electron chi connectivity index (χ1n) is 10.0. The molecule has 0 unspecified atom stereocenters. The molecule has 158 valence electrons. The Morgan fingerprint density at radius 3 is 2.30 bits per heavy atom. The van der Waals surface area contributed by atoms with Crippen molar-refractivity contribution in [2.45, 2.75) is 79.0 Å². The highest BCUT2D eigenvalue weighted by Gasteiger charge is 2.30. The van der Waals surface area contributed by atoms with Crippen LogP contribution in [0.25, 0.3) is 0 Å². The van der Waals surface area contributed by atoms with Crippen LogP contribution < -0.4 is 0 Å². The van der Waals surface area contributed by atoms with Crippen molar-refractivity contribution >= 4 is 9.84 Å². The van der Waals surface area contributed by atoms with Crippen LogP contribution in [0, 0.1) is 0 Å². The average molecular weight is 403 g/mol. The minimum Gasteiger partial charge on any atom is -0.373 e. The number of ether oxygens (including phenoxy) is 1. The molecule has 0 N–H and O–H groups in total. The minimum atomic E-state index is -2.86. The Balaban J connectivity index is 0.00000176. The van der Waals surface area contributed by atoms with Gasteiger partial charge in [0.2, 0.25) is 0 Å². The second-order valence-corrected chi connectivity index (χ2v) is 10.5. The molecule has 1 aliphatic rings. The molecule has 0 aromatic carbocycles. The van der Waals surface area contributed by atoms with Gasteiger partial charge in [0.25, 0.3) is 0 Å². The standard InChI is InChI=1S/C17H32N4O3S.C2H6/c1-6-7-17(4,5)24-14-16(2,3)21-15(12-18-19-21)13-20-8-10-25(22,23)11-9-20;1-2/h12H,6-11,13-14H2,1-5H3;1-2H3. The monoisotopic (exact) mass is 402 g/mol. The lowest BCUT2D eigenvalue weighted by Gasteiger charge is -2.33. The first kappa shape index (κ1) is 24.0. The molecule has 1 aromatic rings. The van der Waals surface area contributed by atoms with Crippen LogP contribution in [0.4, 0.5) is 0 Å². The smallest absolute Gasteiger partial charge is 0.152 e. The molecule has 0 radical (unpaired) electrons. The summed E-state index contributed by atoms with van der Waals surface area (Å²) >= 11 is 0. The minimum absolute atomic E-state index is 0.159. The zero-order valence-electron chi connectivity index (χ0n) is 18.2. The largest absolute Gasteiger partial charge is 0.373 e. The van der Waals surface area contributed by atoms with Gasteiger partial charge in [-0.1, -0.05) is 32.4 Å². The third kappa shape index (κ3) is 7.50. The summed E-state index contributed by atoms with van der Waals surface area (Å²) in [7, 11) is -2.86. The number of hydrogen-bond donors (Lipinski definition) is 0. The normalized spacial score (nSPS) is 18.0. The Kier molecular flexibility index (Phi) is 8.89. The number of aromatic nitrogens is 3. The number of rotatable bonds is 8. The van der Waals surface area contributed by atoms with Gasteiger partial charge in [0.05, 0.1) is 41.1 Å². The maximum absolute atomic E-state index is 11.6. The zero-order valence-corrected chi connectivity index (χ0v) is 19.0. The molecule has 0 atom stereocenters. The summed E-state index contributed by atoms with van der Waals surface area (Å²) in [6.45, 7) is 16.9. The van der Waals surface area contributed by atoms with Crippen LogP contribution in [0.5, 0.6) is 0 Å². The molecule has 0 saturated carbocycles. The molecule has 0 bridgehead atoms. The summed E-state index contributed by atoms with van der Waals surface area (Å²) in [6, 6.07) is 0. The van der Waals surface area contributed by atoms with Crippen molar-refractivity contribution in [2.75, 3.05) is 31.2 Å². The van der Waals surface area contributed by atoms with Gasteiger partial charge in [-0.15, -0.1) is 5.10 Å². The summed E-state index contributed by atoms with van der Waals surface area (Å²) in [5.41, 5.74) is 0.508. The van der Waals surface area contributed by atoms with Gasteiger partial charge < -0.3 is 4.74 Å². The fourth-order valence-electron chi connectivity index (χ4n) is 3.12. The van der Waals surface area contributed by atoms with Crippen molar-refractivity contribution in [1.82, 2.24) is 19.9 Å². The summed E-state index contributed by atoms with van der Waals surface area (Å²) in [4.78, 5) is 2.15. The lowest BCUT2D eigenvalue weighted by Crippen LogP contribution is -2.42. The van der Waals surface area contributed by atoms with Gasteiger partial charge in [-0.2, -0.15) is 0 Å². The summed E-state index contributed by atoms with van der Waals surface area (Å²) in [6.07, 6.45) is 3.86. The molecule has 8 heteroatoms. The first-order chi connectivity index (χ1) is 12.5. The van der Waals surface area contributed by atoms with Crippen molar-refractivity contribution in [1.29, 1.82) is 0 Å². The first-order valence-corrected chi connectivity index (χ1v) is 11.8. The molecule has 0 aliphatic carbocycles. The van der Waals surface area contributed by atoms with Crippen LogP contribution in [0.15, 0.2) is 6.20 Å². The van der Waals surface area contributed by atoms with Gasteiger partial charge in [0.15, 0.2) is 9.84 Å². The van der Waals surface area contributed by atoms with Gasteiger partial charge in [-0.25, -0.2) is 13.1 Å². The van der Waals surface area contributed by atoms with Gasteiger partial charge >= 0.3 is 0 Å². The van der Waals surface area contributed by atoms with Crippen LogP contribution in [-0.2, 0) is 26.7 Å². The van der Waals surface area contributed by atoms with E-state index in [2.05, 4.69) is 49.8 Å². The van der Waals surface area contributed by atoms with Crippen molar-refractivity contribution in [3.05, 3.63) is 11.9 Å². The topological polar surface area (TPSA) is 77.3 Å². The zero-order chi connectivity index (χ0) is 20.7. The molecule has 1 fully saturated rings. The van der Waals surface area contributed by atoms with Crippen molar-refractivity contribution in [3.8, 4) is 0 Å². The molecule has 2 rings (SSSR count). The van der Waals surface area contributed by atoms with Crippen LogP contribution in [0.3, 0.4) is 0 Å². The summed E-state index contributed by atoms with van der Waals surface area (Å²) < 4.78 is 31.2. The molecule has 0 spiro atoms. The van der Waals surface area contributed by atoms with E-state index in [0.717, 1.165) is 18.5 Å². The summed E-state index contributed by atoms with van der Waals surface area (Å²) in [5, 5.41) is 8.35. The number of nitrogens with zero attached hydrogens (tertiary/aromatic N) is 4. The molecule has 2 heterocycles. The predicted molar refractivity (Wildman–Crippen MR) is 110 cm³/mol. The highest BCUT2D eigenvalue weighted by Crippen LogP contribution is 2.23. The van der Waals surface area contributed by atoms with Crippen molar-refractivity contribution in [2.24, 2.45) is 0 Å². The van der Waals surface area contributed by atoms with E-state index in [1.165, 1.54) is 0 Å². The lowest BCUT2D eigenvalue weighted by atomic mass is 10.0. The Bertz CT molecular complexity index is 654. The SMILES string of the molecule is CC.CCCC(C)(C)OCC(C)(C)n1nncc1CN1CCS(=O)(=O)CC1. The van der Waals surface area contributed by atoms with Crippen LogP contribution >= 0.6 is 0 Å². The van der Waals surface area contributed by atoms with E-state index in [-0.39, 0.29) is 22.6 Å². The Morgan fingerprint density at radius 1 is 1.15 bits per heavy atom. The number of sulfone groups is 1. The third-order valence-electron chi connectivity index (χ3n) is 4.68. The number of hydrogen-bond acceptors (Lipinski definition) is 6. The van der Waals surface area contributed by atoms with E-state index in [4.69, 9.17) is 4.74 Å². The van der Waals surface area contributed by atoms with Crippen molar-refractivity contribution in [3.63, 3.8) is 0 Å². The predicted octanol–water partition coefficient (Wildman–Crippen LogP) is 2.87. The van der Waals surface area contributed by atoms with E-state index < -0.39 is 9.84 Å². The van der Waals surface area contributed by atoms with Crippen LogP contribution in [0.1, 0.15) is 67.0 Å².